The largest absolute Gasteiger partial charge is 0.298 e. The van der Waals surface area contributed by atoms with Gasteiger partial charge in [0.1, 0.15) is 5.78 Å². The van der Waals surface area contributed by atoms with Crippen molar-refractivity contribution < 1.29 is 13.6 Å². The van der Waals surface area contributed by atoms with Crippen molar-refractivity contribution in [3.63, 3.8) is 0 Å². The fraction of sp³-hybridized carbons (Fsp3) is 0.133. The number of carbonyl (C=O) groups excluding carboxylic acids is 1. The highest BCUT2D eigenvalue weighted by atomic mass is 32.2. The van der Waals surface area contributed by atoms with Gasteiger partial charge in [-0.1, -0.05) is 24.3 Å². The smallest absolute Gasteiger partial charge is 0.159 e. The molecule has 1 nitrogen and oxygen atoms in total. The van der Waals surface area contributed by atoms with E-state index in [-0.39, 0.29) is 12.2 Å². The molecule has 0 aromatic heterocycles. The number of benzene rings is 2. The van der Waals surface area contributed by atoms with Crippen LogP contribution in [0.3, 0.4) is 0 Å². The molecule has 0 bridgehead atoms. The molecule has 2 rings (SSSR count). The second kappa shape index (κ2) is 6.48. The molecule has 0 saturated carbocycles. The van der Waals surface area contributed by atoms with Crippen molar-refractivity contribution in [2.45, 2.75) is 11.3 Å². The number of ketones is 1. The molecule has 0 aliphatic heterocycles. The van der Waals surface area contributed by atoms with Gasteiger partial charge in [-0.3, -0.25) is 4.79 Å². The molecule has 0 aliphatic rings. The zero-order chi connectivity index (χ0) is 13.7. The third kappa shape index (κ3) is 4.17. The zero-order valence-electron chi connectivity index (χ0n) is 10.1. The normalized spacial score (nSPS) is 10.4. The third-order valence-electron chi connectivity index (χ3n) is 2.53. The van der Waals surface area contributed by atoms with E-state index in [2.05, 4.69) is 0 Å². The van der Waals surface area contributed by atoms with Gasteiger partial charge in [0, 0.05) is 11.3 Å². The van der Waals surface area contributed by atoms with Gasteiger partial charge in [0.15, 0.2) is 11.6 Å². The minimum Gasteiger partial charge on any atom is -0.298 e. The van der Waals surface area contributed by atoms with Crippen LogP contribution < -0.4 is 0 Å². The fourth-order valence-corrected chi connectivity index (χ4v) is 2.39. The number of thioether (sulfide) groups is 1. The van der Waals surface area contributed by atoms with Crippen molar-refractivity contribution in [2.24, 2.45) is 0 Å². The molecule has 0 radical (unpaired) electrons. The van der Waals surface area contributed by atoms with E-state index in [9.17, 15) is 13.6 Å². The van der Waals surface area contributed by atoms with E-state index >= 15 is 0 Å². The average Bonchev–Trinajstić information content (AvgIpc) is 2.42. The second-order valence-electron chi connectivity index (χ2n) is 4.07. The monoisotopic (exact) mass is 278 g/mol. The van der Waals surface area contributed by atoms with Crippen molar-refractivity contribution >= 4 is 17.5 Å². The van der Waals surface area contributed by atoms with Crippen LogP contribution in [0.1, 0.15) is 5.56 Å². The average molecular weight is 278 g/mol. The third-order valence-corrected chi connectivity index (χ3v) is 3.60. The van der Waals surface area contributed by atoms with Crippen LogP contribution in [0.4, 0.5) is 8.78 Å². The first-order valence-electron chi connectivity index (χ1n) is 5.78. The first kappa shape index (κ1) is 13.7. The van der Waals surface area contributed by atoms with Crippen molar-refractivity contribution in [1.82, 2.24) is 0 Å². The van der Waals surface area contributed by atoms with Gasteiger partial charge in [0.05, 0.1) is 5.75 Å². The predicted octanol–water partition coefficient (Wildman–Crippen LogP) is 3.87. The Morgan fingerprint density at radius 3 is 2.42 bits per heavy atom. The highest BCUT2D eigenvalue weighted by Crippen LogP contribution is 2.18. The number of hydrogen-bond acceptors (Lipinski definition) is 2. The summed E-state index contributed by atoms with van der Waals surface area (Å²) in [5.41, 5.74) is 0.498. The highest BCUT2D eigenvalue weighted by molar-refractivity contribution is 8.00. The first-order valence-corrected chi connectivity index (χ1v) is 6.77. The highest BCUT2D eigenvalue weighted by Gasteiger charge is 2.08. The zero-order valence-corrected chi connectivity index (χ0v) is 10.9. The number of rotatable bonds is 5. The number of carbonyl (C=O) groups is 1. The molecule has 0 spiro atoms. The summed E-state index contributed by atoms with van der Waals surface area (Å²) >= 11 is 1.44. The van der Waals surface area contributed by atoms with Crippen LogP contribution in [0, 0.1) is 11.6 Å². The predicted molar refractivity (Wildman–Crippen MR) is 72.2 cm³/mol. The molecule has 4 heteroatoms. The quantitative estimate of drug-likeness (QED) is 0.772. The second-order valence-corrected chi connectivity index (χ2v) is 5.11. The van der Waals surface area contributed by atoms with Gasteiger partial charge in [0.25, 0.3) is 0 Å². The van der Waals surface area contributed by atoms with Crippen LogP contribution in [0.15, 0.2) is 53.4 Å². The molecule has 0 amide bonds. The molecule has 0 saturated heterocycles. The Morgan fingerprint density at radius 2 is 1.74 bits per heavy atom. The van der Waals surface area contributed by atoms with Gasteiger partial charge in [-0.15, -0.1) is 11.8 Å². The first-order chi connectivity index (χ1) is 9.15. The van der Waals surface area contributed by atoms with E-state index in [1.54, 1.807) is 0 Å². The van der Waals surface area contributed by atoms with E-state index in [4.69, 9.17) is 0 Å². The van der Waals surface area contributed by atoms with Crippen LogP contribution in [0.2, 0.25) is 0 Å². The van der Waals surface area contributed by atoms with E-state index < -0.39 is 11.6 Å². The summed E-state index contributed by atoms with van der Waals surface area (Å²) in [5, 5.41) is 0. The maximum atomic E-state index is 13.0. The Bertz CT molecular complexity index is 570. The van der Waals surface area contributed by atoms with Gasteiger partial charge < -0.3 is 0 Å². The molecule has 19 heavy (non-hydrogen) atoms. The van der Waals surface area contributed by atoms with Crippen LogP contribution >= 0.6 is 11.8 Å². The summed E-state index contributed by atoms with van der Waals surface area (Å²) in [6.45, 7) is 0. The molecule has 0 aliphatic carbocycles. The Labute approximate surface area is 114 Å². The molecule has 0 atom stereocenters. The van der Waals surface area contributed by atoms with Crippen molar-refractivity contribution in [3.8, 4) is 0 Å². The van der Waals surface area contributed by atoms with Gasteiger partial charge in [0.2, 0.25) is 0 Å². The molecule has 0 heterocycles. The van der Waals surface area contributed by atoms with Gasteiger partial charge in [-0.05, 0) is 29.8 Å². The van der Waals surface area contributed by atoms with Crippen LogP contribution in [0.5, 0.6) is 0 Å². The number of hydrogen-bond donors (Lipinski definition) is 0. The molecular weight excluding hydrogens is 266 g/mol. The van der Waals surface area contributed by atoms with E-state index in [0.717, 1.165) is 17.0 Å². The molecule has 2 aromatic carbocycles. The van der Waals surface area contributed by atoms with Crippen molar-refractivity contribution in [1.29, 1.82) is 0 Å². The van der Waals surface area contributed by atoms with Gasteiger partial charge in [-0.2, -0.15) is 0 Å². The summed E-state index contributed by atoms with van der Waals surface area (Å²) in [6, 6.07) is 13.1. The number of Topliss-reactive ketones (excluding diaryl/α,β-unsaturated/α-hetero) is 1. The van der Waals surface area contributed by atoms with Crippen molar-refractivity contribution in [3.05, 3.63) is 65.7 Å². The Kier molecular flexibility index (Phi) is 4.68. The SMILES string of the molecule is O=C(CSc1ccccc1)Cc1ccc(F)c(F)c1. The summed E-state index contributed by atoms with van der Waals surface area (Å²) in [7, 11) is 0. The Hall–Kier alpha value is -1.68. The van der Waals surface area contributed by atoms with E-state index in [1.807, 2.05) is 30.3 Å². The molecular formula is C15H12F2OS. The van der Waals surface area contributed by atoms with Gasteiger partial charge in [-0.25, -0.2) is 8.78 Å². The molecule has 98 valence electrons. The Morgan fingerprint density at radius 1 is 1.00 bits per heavy atom. The minimum absolute atomic E-state index is 0.0140. The standard InChI is InChI=1S/C15H12F2OS/c16-14-7-6-11(9-15(14)17)8-12(18)10-19-13-4-2-1-3-5-13/h1-7,9H,8,10H2. The minimum atomic E-state index is -0.916. The van der Waals surface area contributed by atoms with Crippen LogP contribution in [-0.2, 0) is 11.2 Å². The topological polar surface area (TPSA) is 17.1 Å². The maximum absolute atomic E-state index is 13.0. The van der Waals surface area contributed by atoms with E-state index in [0.29, 0.717) is 11.3 Å². The summed E-state index contributed by atoms with van der Waals surface area (Å²) < 4.78 is 25.7. The lowest BCUT2D eigenvalue weighted by atomic mass is 10.1. The molecule has 2 aromatic rings. The Balaban J connectivity index is 1.89. The summed E-state index contributed by atoms with van der Waals surface area (Å²) in [6.07, 6.45) is 0.122. The molecule has 0 unspecified atom stereocenters. The lowest BCUT2D eigenvalue weighted by Crippen LogP contribution is -2.06. The molecule has 0 N–H and O–H groups in total. The molecule has 0 fully saturated rings. The summed E-state index contributed by atoms with van der Waals surface area (Å²) in [4.78, 5) is 12.8. The van der Waals surface area contributed by atoms with Gasteiger partial charge >= 0.3 is 0 Å². The fourth-order valence-electron chi connectivity index (χ4n) is 1.61. The number of halogens is 2. The lowest BCUT2D eigenvalue weighted by Gasteiger charge is -2.02. The van der Waals surface area contributed by atoms with Crippen LogP contribution in [-0.4, -0.2) is 11.5 Å². The summed E-state index contributed by atoms with van der Waals surface area (Å²) in [5.74, 6) is -1.50. The van der Waals surface area contributed by atoms with Crippen LogP contribution in [0.25, 0.3) is 0 Å². The van der Waals surface area contributed by atoms with Crippen molar-refractivity contribution in [2.75, 3.05) is 5.75 Å². The van der Waals surface area contributed by atoms with E-state index in [1.165, 1.54) is 17.8 Å². The lowest BCUT2D eigenvalue weighted by molar-refractivity contribution is -0.116. The maximum Gasteiger partial charge on any atom is 0.159 e.